The third-order valence-electron chi connectivity index (χ3n) is 3.76. The van der Waals surface area contributed by atoms with Crippen molar-refractivity contribution in [1.29, 1.82) is 0 Å². The summed E-state index contributed by atoms with van der Waals surface area (Å²) in [4.78, 5) is 8.66. The molecular formula is C19H20ClN5. The van der Waals surface area contributed by atoms with Gasteiger partial charge in [0.2, 0.25) is 5.95 Å². The van der Waals surface area contributed by atoms with E-state index in [9.17, 15) is 0 Å². The number of hydrogen-bond acceptors (Lipinski definition) is 5. The van der Waals surface area contributed by atoms with Crippen LogP contribution in [0.25, 0.3) is 11.1 Å². The summed E-state index contributed by atoms with van der Waals surface area (Å²) in [5.41, 5.74) is 9.67. The molecule has 0 aliphatic heterocycles. The van der Waals surface area contributed by atoms with E-state index in [4.69, 9.17) is 17.3 Å². The van der Waals surface area contributed by atoms with Crippen molar-refractivity contribution in [1.82, 2.24) is 9.97 Å². The van der Waals surface area contributed by atoms with Crippen LogP contribution in [-0.2, 0) is 0 Å². The molecule has 128 valence electrons. The van der Waals surface area contributed by atoms with Gasteiger partial charge >= 0.3 is 0 Å². The Balaban J connectivity index is 1.75. The van der Waals surface area contributed by atoms with E-state index in [1.165, 1.54) is 0 Å². The zero-order valence-electron chi connectivity index (χ0n) is 14.0. The first-order chi connectivity index (χ1) is 12.1. The largest absolute Gasteiger partial charge is 0.383 e. The number of para-hydroxylation sites is 1. The lowest BCUT2D eigenvalue weighted by molar-refractivity contribution is 1.04. The fourth-order valence-electron chi connectivity index (χ4n) is 2.63. The average Bonchev–Trinajstić information content (AvgIpc) is 2.60. The maximum Gasteiger partial charge on any atom is 0.222 e. The van der Waals surface area contributed by atoms with Crippen molar-refractivity contribution < 1.29 is 0 Å². The first kappa shape index (κ1) is 17.0. The third kappa shape index (κ3) is 4.39. The van der Waals surface area contributed by atoms with Gasteiger partial charge in [0.05, 0.1) is 5.69 Å². The summed E-state index contributed by atoms with van der Waals surface area (Å²) in [6, 6.07) is 17.7. The van der Waals surface area contributed by atoms with Crippen molar-refractivity contribution in [3.05, 3.63) is 65.3 Å². The minimum Gasteiger partial charge on any atom is -0.383 e. The normalized spacial score (nSPS) is 10.5. The number of aryl methyl sites for hydroxylation is 1. The number of anilines is 3. The molecule has 0 saturated heterocycles. The van der Waals surface area contributed by atoms with Crippen molar-refractivity contribution in [2.45, 2.75) is 6.92 Å². The Bertz CT molecular complexity index is 834. The van der Waals surface area contributed by atoms with Gasteiger partial charge in [-0.3, -0.25) is 0 Å². The Kier molecular flexibility index (Phi) is 5.36. The Morgan fingerprint density at radius 1 is 0.920 bits per heavy atom. The molecule has 0 amide bonds. The highest BCUT2D eigenvalue weighted by Crippen LogP contribution is 2.30. The van der Waals surface area contributed by atoms with Crippen LogP contribution in [0.2, 0.25) is 5.02 Å². The Hall–Kier alpha value is -2.79. The quantitative estimate of drug-likeness (QED) is 0.579. The molecule has 0 bridgehead atoms. The number of hydrogen-bond donors (Lipinski definition) is 3. The molecule has 0 radical (unpaired) electrons. The molecule has 3 rings (SSSR count). The van der Waals surface area contributed by atoms with E-state index >= 15 is 0 Å². The van der Waals surface area contributed by atoms with Gasteiger partial charge in [-0.05, 0) is 36.8 Å². The summed E-state index contributed by atoms with van der Waals surface area (Å²) in [5.74, 6) is 0.982. The molecular weight excluding hydrogens is 334 g/mol. The number of nitrogens with zero attached hydrogens (tertiary/aromatic N) is 2. The fraction of sp³-hybridized carbons (Fsp3) is 0.158. The molecule has 4 N–H and O–H groups in total. The fourth-order valence-corrected chi connectivity index (χ4v) is 2.75. The average molecular weight is 354 g/mol. The van der Waals surface area contributed by atoms with Crippen LogP contribution >= 0.6 is 11.6 Å². The molecule has 1 heterocycles. The Labute approximate surface area is 152 Å². The molecule has 5 nitrogen and oxygen atoms in total. The van der Waals surface area contributed by atoms with Gasteiger partial charge in [0.25, 0.3) is 0 Å². The van der Waals surface area contributed by atoms with Gasteiger partial charge in [-0.15, -0.1) is 0 Å². The third-order valence-corrected chi connectivity index (χ3v) is 4.01. The Morgan fingerprint density at radius 3 is 2.32 bits per heavy atom. The van der Waals surface area contributed by atoms with Gasteiger partial charge < -0.3 is 16.4 Å². The SMILES string of the molecule is Cc1nc(N)nc(NCCNc2ccccc2)c1-c1ccc(Cl)cc1. The highest BCUT2D eigenvalue weighted by molar-refractivity contribution is 6.30. The lowest BCUT2D eigenvalue weighted by atomic mass is 10.0. The van der Waals surface area contributed by atoms with Crippen LogP contribution in [0.15, 0.2) is 54.6 Å². The van der Waals surface area contributed by atoms with Crippen molar-refractivity contribution in [3.8, 4) is 11.1 Å². The van der Waals surface area contributed by atoms with Gasteiger partial charge in [-0.2, -0.15) is 4.98 Å². The predicted octanol–water partition coefficient (Wildman–Crippen LogP) is 4.21. The minimum absolute atomic E-state index is 0.258. The van der Waals surface area contributed by atoms with Crippen LogP contribution in [0.3, 0.4) is 0 Å². The summed E-state index contributed by atoms with van der Waals surface area (Å²) in [6.07, 6.45) is 0. The minimum atomic E-state index is 0.258. The van der Waals surface area contributed by atoms with Crippen LogP contribution < -0.4 is 16.4 Å². The standard InChI is InChI=1S/C19H20ClN5/c1-13-17(14-7-9-15(20)10-8-14)18(25-19(21)24-13)23-12-11-22-16-5-3-2-4-6-16/h2-10,22H,11-12H2,1H3,(H3,21,23,24,25). The molecule has 6 heteroatoms. The maximum atomic E-state index is 5.99. The predicted molar refractivity (Wildman–Crippen MR) is 105 cm³/mol. The molecule has 3 aromatic rings. The van der Waals surface area contributed by atoms with Crippen LogP contribution in [0.1, 0.15) is 5.69 Å². The highest BCUT2D eigenvalue weighted by Gasteiger charge is 2.12. The molecule has 0 aliphatic rings. The van der Waals surface area contributed by atoms with Crippen LogP contribution in [0.5, 0.6) is 0 Å². The van der Waals surface area contributed by atoms with Gasteiger partial charge in [0.15, 0.2) is 0 Å². The highest BCUT2D eigenvalue weighted by atomic mass is 35.5. The second-order valence-electron chi connectivity index (χ2n) is 5.62. The van der Waals surface area contributed by atoms with E-state index in [1.54, 1.807) is 0 Å². The van der Waals surface area contributed by atoms with Crippen LogP contribution in [0, 0.1) is 6.92 Å². The van der Waals surface area contributed by atoms with Crippen molar-refractivity contribution in [2.24, 2.45) is 0 Å². The topological polar surface area (TPSA) is 75.9 Å². The molecule has 0 unspecified atom stereocenters. The van der Waals surface area contributed by atoms with E-state index in [0.717, 1.165) is 34.9 Å². The van der Waals surface area contributed by atoms with Crippen LogP contribution in [-0.4, -0.2) is 23.1 Å². The van der Waals surface area contributed by atoms with Gasteiger partial charge in [0.1, 0.15) is 5.82 Å². The Morgan fingerprint density at radius 2 is 1.60 bits per heavy atom. The number of nitrogens with two attached hydrogens (primary N) is 1. The van der Waals surface area contributed by atoms with Gasteiger partial charge in [-0.25, -0.2) is 4.98 Å². The number of nitrogen functional groups attached to an aromatic ring is 1. The van der Waals surface area contributed by atoms with Gasteiger partial charge in [-0.1, -0.05) is 41.9 Å². The molecule has 0 atom stereocenters. The first-order valence-corrected chi connectivity index (χ1v) is 8.44. The second kappa shape index (κ2) is 7.85. The van der Waals surface area contributed by atoms with Crippen molar-refractivity contribution >= 4 is 29.1 Å². The first-order valence-electron chi connectivity index (χ1n) is 8.06. The monoisotopic (exact) mass is 353 g/mol. The lowest BCUT2D eigenvalue weighted by Crippen LogP contribution is -2.16. The molecule has 2 aromatic carbocycles. The second-order valence-corrected chi connectivity index (χ2v) is 6.05. The number of aromatic nitrogens is 2. The summed E-state index contributed by atoms with van der Waals surface area (Å²) in [5, 5.41) is 7.40. The molecule has 0 saturated carbocycles. The van der Waals surface area contributed by atoms with E-state index in [0.29, 0.717) is 11.6 Å². The van der Waals surface area contributed by atoms with E-state index < -0.39 is 0 Å². The maximum absolute atomic E-state index is 5.99. The molecule has 1 aromatic heterocycles. The van der Waals surface area contributed by atoms with E-state index in [1.807, 2.05) is 61.5 Å². The van der Waals surface area contributed by atoms with E-state index in [2.05, 4.69) is 20.6 Å². The molecule has 0 aliphatic carbocycles. The summed E-state index contributed by atoms with van der Waals surface area (Å²) < 4.78 is 0. The lowest BCUT2D eigenvalue weighted by Gasteiger charge is -2.15. The zero-order chi connectivity index (χ0) is 17.6. The van der Waals surface area contributed by atoms with E-state index in [-0.39, 0.29) is 5.95 Å². The zero-order valence-corrected chi connectivity index (χ0v) is 14.7. The molecule has 0 spiro atoms. The number of benzene rings is 2. The van der Waals surface area contributed by atoms with Gasteiger partial charge in [0, 0.05) is 29.4 Å². The smallest absolute Gasteiger partial charge is 0.222 e. The number of rotatable bonds is 6. The summed E-state index contributed by atoms with van der Waals surface area (Å²) >= 11 is 5.99. The number of halogens is 1. The van der Waals surface area contributed by atoms with Crippen molar-refractivity contribution in [2.75, 3.05) is 29.5 Å². The molecule has 0 fully saturated rings. The molecule has 25 heavy (non-hydrogen) atoms. The summed E-state index contributed by atoms with van der Waals surface area (Å²) in [6.45, 7) is 3.38. The van der Waals surface area contributed by atoms with Crippen molar-refractivity contribution in [3.63, 3.8) is 0 Å². The van der Waals surface area contributed by atoms with Crippen LogP contribution in [0.4, 0.5) is 17.5 Å². The summed E-state index contributed by atoms with van der Waals surface area (Å²) in [7, 11) is 0. The number of nitrogens with one attached hydrogen (secondary N) is 2.